The fourth-order valence-electron chi connectivity index (χ4n) is 1.46. The van der Waals surface area contributed by atoms with Crippen molar-refractivity contribution in [2.24, 2.45) is 0 Å². The third-order valence-electron chi connectivity index (χ3n) is 2.30. The van der Waals surface area contributed by atoms with Crippen LogP contribution in [0.25, 0.3) is 0 Å². The van der Waals surface area contributed by atoms with E-state index in [1.807, 2.05) is 6.92 Å². The van der Waals surface area contributed by atoms with E-state index in [2.05, 4.69) is 20.6 Å². The SMILES string of the molecule is CCCNC(=O)CCNc1cc(N)nc(COC)n1. The Morgan fingerprint density at radius 2 is 2.21 bits per heavy atom. The Morgan fingerprint density at radius 3 is 2.89 bits per heavy atom. The lowest BCUT2D eigenvalue weighted by molar-refractivity contribution is -0.120. The predicted octanol–water partition coefficient (Wildman–Crippen LogP) is 0.533. The first-order valence-corrected chi connectivity index (χ1v) is 6.28. The van der Waals surface area contributed by atoms with E-state index in [0.29, 0.717) is 43.6 Å². The standard InChI is InChI=1S/C12H21N5O2/c1-3-5-15-12(18)4-6-14-10-7-9(13)16-11(17-10)8-19-2/h7H,3-6,8H2,1-2H3,(H,15,18)(H3,13,14,16,17). The molecule has 0 fully saturated rings. The zero-order chi connectivity index (χ0) is 14.1. The maximum atomic E-state index is 11.4. The fourth-order valence-corrected chi connectivity index (χ4v) is 1.46. The van der Waals surface area contributed by atoms with Gasteiger partial charge in [-0.25, -0.2) is 9.97 Å². The van der Waals surface area contributed by atoms with Gasteiger partial charge in [-0.15, -0.1) is 0 Å². The molecule has 0 aliphatic rings. The number of carbonyl (C=O) groups excluding carboxylic acids is 1. The van der Waals surface area contributed by atoms with E-state index in [4.69, 9.17) is 10.5 Å². The van der Waals surface area contributed by atoms with Gasteiger partial charge in [-0.1, -0.05) is 6.92 Å². The summed E-state index contributed by atoms with van der Waals surface area (Å²) in [5.41, 5.74) is 5.66. The van der Waals surface area contributed by atoms with Gasteiger partial charge >= 0.3 is 0 Å². The van der Waals surface area contributed by atoms with E-state index in [1.54, 1.807) is 13.2 Å². The number of hydrogen-bond acceptors (Lipinski definition) is 6. The van der Waals surface area contributed by atoms with Gasteiger partial charge in [0.25, 0.3) is 0 Å². The lowest BCUT2D eigenvalue weighted by Gasteiger charge is -2.08. The number of nitrogens with one attached hydrogen (secondary N) is 2. The van der Waals surface area contributed by atoms with Crippen LogP contribution in [0.15, 0.2) is 6.07 Å². The number of nitrogens with zero attached hydrogens (tertiary/aromatic N) is 2. The number of hydrogen-bond donors (Lipinski definition) is 3. The van der Waals surface area contributed by atoms with E-state index in [0.717, 1.165) is 6.42 Å². The molecule has 0 aliphatic heterocycles. The number of carbonyl (C=O) groups is 1. The van der Waals surface area contributed by atoms with Crippen LogP contribution in [0, 0.1) is 0 Å². The summed E-state index contributed by atoms with van der Waals surface area (Å²) in [6, 6.07) is 1.63. The second-order valence-corrected chi connectivity index (χ2v) is 4.05. The first kappa shape index (κ1) is 15.2. The van der Waals surface area contributed by atoms with Gasteiger partial charge in [0.15, 0.2) is 5.82 Å². The Hall–Kier alpha value is -1.89. The molecule has 7 nitrogen and oxygen atoms in total. The molecular weight excluding hydrogens is 246 g/mol. The monoisotopic (exact) mass is 267 g/mol. The number of ether oxygens (including phenoxy) is 1. The van der Waals surface area contributed by atoms with Crippen molar-refractivity contribution in [3.8, 4) is 0 Å². The predicted molar refractivity (Wildman–Crippen MR) is 73.6 cm³/mol. The highest BCUT2D eigenvalue weighted by atomic mass is 16.5. The molecule has 0 aromatic carbocycles. The van der Waals surface area contributed by atoms with Gasteiger partial charge in [-0.2, -0.15) is 0 Å². The third-order valence-corrected chi connectivity index (χ3v) is 2.30. The molecule has 1 rings (SSSR count). The number of nitrogen functional groups attached to an aromatic ring is 1. The molecule has 4 N–H and O–H groups in total. The van der Waals surface area contributed by atoms with Crippen molar-refractivity contribution < 1.29 is 9.53 Å². The Morgan fingerprint density at radius 1 is 1.42 bits per heavy atom. The van der Waals surface area contributed by atoms with Crippen molar-refractivity contribution in [1.29, 1.82) is 0 Å². The van der Waals surface area contributed by atoms with Crippen LogP contribution in [-0.4, -0.2) is 36.1 Å². The molecule has 1 aromatic rings. The molecule has 0 saturated heterocycles. The molecule has 0 aliphatic carbocycles. The van der Waals surface area contributed by atoms with Crippen LogP contribution in [0.5, 0.6) is 0 Å². The number of methoxy groups -OCH3 is 1. The molecule has 1 amide bonds. The molecule has 0 atom stereocenters. The zero-order valence-corrected chi connectivity index (χ0v) is 11.4. The normalized spacial score (nSPS) is 10.2. The largest absolute Gasteiger partial charge is 0.384 e. The minimum absolute atomic E-state index is 0.0218. The second kappa shape index (κ2) is 8.25. The lowest BCUT2D eigenvalue weighted by Crippen LogP contribution is -2.26. The average Bonchev–Trinajstić information content (AvgIpc) is 2.36. The lowest BCUT2D eigenvalue weighted by atomic mass is 10.3. The van der Waals surface area contributed by atoms with Gasteiger partial charge in [0.1, 0.15) is 18.2 Å². The number of nitrogens with two attached hydrogens (primary N) is 1. The number of amides is 1. The van der Waals surface area contributed by atoms with Crippen molar-refractivity contribution in [3.63, 3.8) is 0 Å². The van der Waals surface area contributed by atoms with Gasteiger partial charge in [-0.05, 0) is 6.42 Å². The number of rotatable bonds is 8. The molecule has 0 saturated carbocycles. The van der Waals surface area contributed by atoms with Crippen molar-refractivity contribution in [2.75, 3.05) is 31.2 Å². The van der Waals surface area contributed by atoms with Crippen molar-refractivity contribution in [1.82, 2.24) is 15.3 Å². The summed E-state index contributed by atoms with van der Waals surface area (Å²) >= 11 is 0. The van der Waals surface area contributed by atoms with Crippen molar-refractivity contribution in [3.05, 3.63) is 11.9 Å². The highest BCUT2D eigenvalue weighted by molar-refractivity contribution is 5.76. The van der Waals surface area contributed by atoms with Gasteiger partial charge in [0.05, 0.1) is 0 Å². The molecule has 0 radical (unpaired) electrons. The fraction of sp³-hybridized carbons (Fsp3) is 0.583. The van der Waals surface area contributed by atoms with Crippen LogP contribution in [0.1, 0.15) is 25.6 Å². The van der Waals surface area contributed by atoms with Crippen LogP contribution in [0.2, 0.25) is 0 Å². The molecule has 106 valence electrons. The molecule has 0 bridgehead atoms. The van der Waals surface area contributed by atoms with E-state index in [9.17, 15) is 4.79 Å². The third kappa shape index (κ3) is 6.01. The van der Waals surface area contributed by atoms with Crippen LogP contribution >= 0.6 is 0 Å². The van der Waals surface area contributed by atoms with Gasteiger partial charge in [0, 0.05) is 32.7 Å². The molecular formula is C12H21N5O2. The van der Waals surface area contributed by atoms with Crippen molar-refractivity contribution in [2.45, 2.75) is 26.4 Å². The summed E-state index contributed by atoms with van der Waals surface area (Å²) in [4.78, 5) is 19.7. The van der Waals surface area contributed by atoms with Gasteiger partial charge in [0.2, 0.25) is 5.91 Å². The maximum absolute atomic E-state index is 11.4. The zero-order valence-electron chi connectivity index (χ0n) is 11.4. The highest BCUT2D eigenvalue weighted by Crippen LogP contribution is 2.08. The first-order chi connectivity index (χ1) is 9.15. The summed E-state index contributed by atoms with van der Waals surface area (Å²) in [6.45, 7) is 3.52. The summed E-state index contributed by atoms with van der Waals surface area (Å²) in [5, 5.41) is 5.85. The van der Waals surface area contributed by atoms with E-state index >= 15 is 0 Å². The highest BCUT2D eigenvalue weighted by Gasteiger charge is 2.04. The maximum Gasteiger partial charge on any atom is 0.221 e. The van der Waals surface area contributed by atoms with Gasteiger partial charge < -0.3 is 21.1 Å². The molecule has 1 heterocycles. The Labute approximate surface area is 113 Å². The quantitative estimate of drug-likeness (QED) is 0.635. The topological polar surface area (TPSA) is 102 Å². The van der Waals surface area contributed by atoms with Crippen LogP contribution in [0.4, 0.5) is 11.6 Å². The smallest absolute Gasteiger partial charge is 0.221 e. The molecule has 1 aromatic heterocycles. The Bertz CT molecular complexity index is 411. The van der Waals surface area contributed by atoms with Crippen LogP contribution in [0.3, 0.4) is 0 Å². The Balaban J connectivity index is 2.42. The van der Waals surface area contributed by atoms with Gasteiger partial charge in [-0.3, -0.25) is 4.79 Å². The molecule has 7 heteroatoms. The summed E-state index contributed by atoms with van der Waals surface area (Å²) in [7, 11) is 1.57. The second-order valence-electron chi connectivity index (χ2n) is 4.05. The van der Waals surface area contributed by atoms with E-state index < -0.39 is 0 Å². The molecule has 0 spiro atoms. The van der Waals surface area contributed by atoms with E-state index in [-0.39, 0.29) is 5.91 Å². The van der Waals surface area contributed by atoms with E-state index in [1.165, 1.54) is 0 Å². The minimum Gasteiger partial charge on any atom is -0.384 e. The minimum atomic E-state index is 0.0218. The summed E-state index contributed by atoms with van der Waals surface area (Å²) in [5.74, 6) is 1.51. The number of aromatic nitrogens is 2. The summed E-state index contributed by atoms with van der Waals surface area (Å²) < 4.78 is 4.95. The first-order valence-electron chi connectivity index (χ1n) is 6.28. The molecule has 0 unspecified atom stereocenters. The molecule has 19 heavy (non-hydrogen) atoms. The van der Waals surface area contributed by atoms with Crippen LogP contribution < -0.4 is 16.4 Å². The summed E-state index contributed by atoms with van der Waals surface area (Å²) in [6.07, 6.45) is 1.32. The Kier molecular flexibility index (Phi) is 6.59. The van der Waals surface area contributed by atoms with Crippen LogP contribution in [-0.2, 0) is 16.1 Å². The van der Waals surface area contributed by atoms with Crippen molar-refractivity contribution >= 4 is 17.5 Å². The average molecular weight is 267 g/mol. The number of anilines is 2.